The molecule has 0 saturated carbocycles. The van der Waals surface area contributed by atoms with Gasteiger partial charge in [0.05, 0.1) is 5.02 Å². The molecule has 2 aromatic rings. The highest BCUT2D eigenvalue weighted by molar-refractivity contribution is 6.32. The van der Waals surface area contributed by atoms with Crippen LogP contribution in [0.5, 0.6) is 5.75 Å². The van der Waals surface area contributed by atoms with Gasteiger partial charge in [-0.2, -0.15) is 0 Å². The highest BCUT2D eigenvalue weighted by Crippen LogP contribution is 2.26. The predicted octanol–water partition coefficient (Wildman–Crippen LogP) is 3.99. The molecule has 0 bridgehead atoms. The zero-order valence-corrected chi connectivity index (χ0v) is 16.3. The third-order valence-corrected chi connectivity index (χ3v) is 5.30. The largest absolute Gasteiger partial charge is 0.482 e. The van der Waals surface area contributed by atoms with Crippen molar-refractivity contribution in [1.29, 1.82) is 0 Å². The SMILES string of the molecule is Cc1ccc(Cl)c(OCC(=O)N2CCN(c3cccc(C)c3C)CC2)c1. The fraction of sp³-hybridized carbons (Fsp3) is 0.381. The molecule has 0 aliphatic carbocycles. The van der Waals surface area contributed by atoms with E-state index < -0.39 is 0 Å². The number of halogens is 1. The highest BCUT2D eigenvalue weighted by Gasteiger charge is 2.22. The summed E-state index contributed by atoms with van der Waals surface area (Å²) in [6.45, 7) is 9.36. The molecule has 0 aromatic heterocycles. The van der Waals surface area contributed by atoms with Gasteiger partial charge in [0.2, 0.25) is 0 Å². The number of aryl methyl sites for hydroxylation is 2. The molecule has 1 amide bonds. The minimum Gasteiger partial charge on any atom is -0.482 e. The molecular weight excluding hydrogens is 348 g/mol. The topological polar surface area (TPSA) is 32.8 Å². The molecule has 3 rings (SSSR count). The van der Waals surface area contributed by atoms with Gasteiger partial charge >= 0.3 is 0 Å². The van der Waals surface area contributed by atoms with Gasteiger partial charge in [-0.05, 0) is 55.7 Å². The number of ether oxygens (including phenoxy) is 1. The lowest BCUT2D eigenvalue weighted by molar-refractivity contribution is -0.133. The molecule has 4 nitrogen and oxygen atoms in total. The number of nitrogens with zero attached hydrogens (tertiary/aromatic N) is 2. The van der Waals surface area contributed by atoms with E-state index in [-0.39, 0.29) is 12.5 Å². The van der Waals surface area contributed by atoms with E-state index in [2.05, 4.69) is 36.9 Å². The maximum Gasteiger partial charge on any atom is 0.260 e. The van der Waals surface area contributed by atoms with Crippen molar-refractivity contribution >= 4 is 23.2 Å². The zero-order valence-electron chi connectivity index (χ0n) is 15.6. The van der Waals surface area contributed by atoms with Gasteiger partial charge in [0.1, 0.15) is 5.75 Å². The maximum atomic E-state index is 12.5. The van der Waals surface area contributed by atoms with Gasteiger partial charge in [-0.15, -0.1) is 0 Å². The molecule has 0 N–H and O–H groups in total. The van der Waals surface area contributed by atoms with Crippen LogP contribution in [0.1, 0.15) is 16.7 Å². The number of anilines is 1. The summed E-state index contributed by atoms with van der Waals surface area (Å²) in [4.78, 5) is 16.7. The van der Waals surface area contributed by atoms with Crippen LogP contribution in [-0.4, -0.2) is 43.6 Å². The molecule has 1 fully saturated rings. The van der Waals surface area contributed by atoms with Crippen molar-refractivity contribution in [3.05, 3.63) is 58.1 Å². The number of piperazine rings is 1. The quantitative estimate of drug-likeness (QED) is 0.813. The Morgan fingerprint density at radius 1 is 1.08 bits per heavy atom. The lowest BCUT2D eigenvalue weighted by atomic mass is 10.1. The van der Waals surface area contributed by atoms with Crippen molar-refractivity contribution in [3.63, 3.8) is 0 Å². The Balaban J connectivity index is 1.55. The number of amides is 1. The third-order valence-electron chi connectivity index (χ3n) is 4.99. The number of benzene rings is 2. The number of carbonyl (C=O) groups excluding carboxylic acids is 1. The molecule has 0 atom stereocenters. The fourth-order valence-electron chi connectivity index (χ4n) is 3.23. The molecule has 26 heavy (non-hydrogen) atoms. The van der Waals surface area contributed by atoms with Gasteiger partial charge in [0, 0.05) is 31.9 Å². The van der Waals surface area contributed by atoms with Crippen LogP contribution in [0, 0.1) is 20.8 Å². The third kappa shape index (κ3) is 4.13. The summed E-state index contributed by atoms with van der Waals surface area (Å²) in [6.07, 6.45) is 0. The smallest absolute Gasteiger partial charge is 0.260 e. The number of hydrogen-bond donors (Lipinski definition) is 0. The first kappa shape index (κ1) is 18.6. The molecule has 2 aromatic carbocycles. The maximum absolute atomic E-state index is 12.5. The van der Waals surface area contributed by atoms with Crippen LogP contribution < -0.4 is 9.64 Å². The number of rotatable bonds is 4. The van der Waals surface area contributed by atoms with Crippen molar-refractivity contribution < 1.29 is 9.53 Å². The van der Waals surface area contributed by atoms with Crippen LogP contribution >= 0.6 is 11.6 Å². The van der Waals surface area contributed by atoms with Crippen molar-refractivity contribution in [2.24, 2.45) is 0 Å². The van der Waals surface area contributed by atoms with Gasteiger partial charge in [0.25, 0.3) is 5.91 Å². The van der Waals surface area contributed by atoms with Gasteiger partial charge in [-0.25, -0.2) is 0 Å². The average molecular weight is 373 g/mol. The summed E-state index contributed by atoms with van der Waals surface area (Å²) in [6, 6.07) is 11.9. The van der Waals surface area contributed by atoms with Gasteiger partial charge in [-0.1, -0.05) is 29.8 Å². The molecule has 1 heterocycles. The monoisotopic (exact) mass is 372 g/mol. The second kappa shape index (κ2) is 8.00. The first-order valence-corrected chi connectivity index (χ1v) is 9.31. The Labute approximate surface area is 160 Å². The molecule has 1 saturated heterocycles. The van der Waals surface area contributed by atoms with E-state index in [0.717, 1.165) is 18.7 Å². The number of carbonyl (C=O) groups is 1. The first-order chi connectivity index (χ1) is 12.5. The zero-order chi connectivity index (χ0) is 18.7. The van der Waals surface area contributed by atoms with Crippen molar-refractivity contribution in [2.75, 3.05) is 37.7 Å². The van der Waals surface area contributed by atoms with E-state index in [0.29, 0.717) is 23.9 Å². The summed E-state index contributed by atoms with van der Waals surface area (Å²) >= 11 is 6.12. The van der Waals surface area contributed by atoms with E-state index in [1.54, 1.807) is 6.07 Å². The van der Waals surface area contributed by atoms with E-state index in [4.69, 9.17) is 16.3 Å². The Morgan fingerprint density at radius 2 is 1.81 bits per heavy atom. The second-order valence-corrected chi connectivity index (χ2v) is 7.22. The predicted molar refractivity (Wildman–Crippen MR) is 106 cm³/mol. The lowest BCUT2D eigenvalue weighted by Gasteiger charge is -2.37. The van der Waals surface area contributed by atoms with Crippen molar-refractivity contribution in [3.8, 4) is 5.75 Å². The number of hydrogen-bond acceptors (Lipinski definition) is 3. The minimum atomic E-state index is 0.00295. The Morgan fingerprint density at radius 3 is 2.54 bits per heavy atom. The van der Waals surface area contributed by atoms with Crippen LogP contribution in [0.2, 0.25) is 5.02 Å². The second-order valence-electron chi connectivity index (χ2n) is 6.81. The van der Waals surface area contributed by atoms with Crippen LogP contribution in [0.3, 0.4) is 0 Å². The molecule has 0 unspecified atom stereocenters. The molecule has 0 radical (unpaired) electrons. The van der Waals surface area contributed by atoms with E-state index in [1.807, 2.05) is 24.0 Å². The Bertz CT molecular complexity index is 799. The Kier molecular flexibility index (Phi) is 5.72. The van der Waals surface area contributed by atoms with E-state index >= 15 is 0 Å². The molecule has 138 valence electrons. The minimum absolute atomic E-state index is 0.00295. The summed E-state index contributed by atoms with van der Waals surface area (Å²) in [5.74, 6) is 0.567. The van der Waals surface area contributed by atoms with Gasteiger partial charge in [0.15, 0.2) is 6.61 Å². The van der Waals surface area contributed by atoms with Gasteiger partial charge < -0.3 is 14.5 Å². The van der Waals surface area contributed by atoms with Gasteiger partial charge in [-0.3, -0.25) is 4.79 Å². The first-order valence-electron chi connectivity index (χ1n) is 8.93. The van der Waals surface area contributed by atoms with Crippen LogP contribution in [-0.2, 0) is 4.79 Å². The van der Waals surface area contributed by atoms with E-state index in [1.165, 1.54) is 16.8 Å². The standard InChI is InChI=1S/C21H25ClN2O2/c1-15-7-8-18(22)20(13-15)26-14-21(25)24-11-9-23(10-12-24)19-6-4-5-16(2)17(19)3/h4-8,13H,9-12,14H2,1-3H3. The fourth-order valence-corrected chi connectivity index (χ4v) is 3.40. The average Bonchev–Trinajstić information content (AvgIpc) is 2.64. The summed E-state index contributed by atoms with van der Waals surface area (Å²) < 4.78 is 5.64. The molecular formula is C21H25ClN2O2. The lowest BCUT2D eigenvalue weighted by Crippen LogP contribution is -2.50. The Hall–Kier alpha value is -2.20. The normalized spacial score (nSPS) is 14.5. The summed E-state index contributed by atoms with van der Waals surface area (Å²) in [5.41, 5.74) is 4.92. The van der Waals surface area contributed by atoms with Crippen molar-refractivity contribution in [1.82, 2.24) is 4.90 Å². The molecule has 5 heteroatoms. The van der Waals surface area contributed by atoms with Crippen LogP contribution in [0.15, 0.2) is 36.4 Å². The molecule has 1 aliphatic rings. The van der Waals surface area contributed by atoms with E-state index in [9.17, 15) is 4.79 Å². The van der Waals surface area contributed by atoms with Crippen molar-refractivity contribution in [2.45, 2.75) is 20.8 Å². The highest BCUT2D eigenvalue weighted by atomic mass is 35.5. The van der Waals surface area contributed by atoms with Crippen LogP contribution in [0.4, 0.5) is 5.69 Å². The summed E-state index contributed by atoms with van der Waals surface area (Å²) in [7, 11) is 0. The van der Waals surface area contributed by atoms with Crippen LogP contribution in [0.25, 0.3) is 0 Å². The molecule has 0 spiro atoms. The molecule has 1 aliphatic heterocycles. The summed E-state index contributed by atoms with van der Waals surface area (Å²) in [5, 5.41) is 0.531.